The Morgan fingerprint density at radius 2 is 2.18 bits per heavy atom. The Hall–Kier alpha value is -3.39. The average Bonchev–Trinajstić information content (AvgIpc) is 3.45. The summed E-state index contributed by atoms with van der Waals surface area (Å²) in [5.74, 6) is 1.11. The van der Waals surface area contributed by atoms with Crippen molar-refractivity contribution in [3.8, 4) is 11.5 Å². The summed E-state index contributed by atoms with van der Waals surface area (Å²) >= 11 is 0. The number of furan rings is 1. The molecule has 1 atom stereocenters. The maximum Gasteiger partial charge on any atom is 0.272 e. The van der Waals surface area contributed by atoms with Crippen molar-refractivity contribution in [2.75, 3.05) is 13.7 Å². The van der Waals surface area contributed by atoms with E-state index in [4.69, 9.17) is 14.1 Å². The van der Waals surface area contributed by atoms with E-state index in [1.165, 1.54) is 0 Å². The van der Waals surface area contributed by atoms with Crippen molar-refractivity contribution in [3.05, 3.63) is 60.2 Å². The normalized spacial score (nSPS) is 12.4. The number of hydrogen-bond donors (Lipinski definition) is 2. The van der Waals surface area contributed by atoms with Gasteiger partial charge in [0, 0.05) is 19.7 Å². The lowest BCUT2D eigenvalue weighted by Crippen LogP contribution is -2.29. The average molecular weight is 379 g/mol. The zero-order chi connectivity index (χ0) is 19.5. The van der Waals surface area contributed by atoms with Crippen LogP contribution in [0.1, 0.15) is 29.3 Å². The number of carbonyl (C=O) groups excluding carboxylic acids is 1. The summed E-state index contributed by atoms with van der Waals surface area (Å²) in [7, 11) is 1.66. The fourth-order valence-corrected chi connectivity index (χ4v) is 3.17. The van der Waals surface area contributed by atoms with Crippen LogP contribution in [0.3, 0.4) is 0 Å². The van der Waals surface area contributed by atoms with Crippen LogP contribution in [0.25, 0.3) is 22.5 Å². The van der Waals surface area contributed by atoms with Gasteiger partial charge in [-0.05, 0) is 31.2 Å². The number of amides is 1. The predicted molar refractivity (Wildman–Crippen MR) is 104 cm³/mol. The van der Waals surface area contributed by atoms with Gasteiger partial charge >= 0.3 is 0 Å². The molecule has 8 heteroatoms. The summed E-state index contributed by atoms with van der Waals surface area (Å²) < 4.78 is 12.6. The number of aromatic amines is 1. The minimum atomic E-state index is -0.305. The van der Waals surface area contributed by atoms with Crippen LogP contribution in [0.15, 0.2) is 53.1 Å². The molecule has 28 heavy (non-hydrogen) atoms. The molecule has 0 fully saturated rings. The van der Waals surface area contributed by atoms with Crippen LogP contribution in [0, 0.1) is 0 Å². The van der Waals surface area contributed by atoms with Crippen LogP contribution in [0.4, 0.5) is 0 Å². The molecule has 144 valence electrons. The van der Waals surface area contributed by atoms with Crippen LogP contribution >= 0.6 is 0 Å². The molecule has 0 saturated carbocycles. The Bertz CT molecular complexity index is 1080. The molecule has 1 amide bonds. The number of para-hydroxylation sites is 2. The summed E-state index contributed by atoms with van der Waals surface area (Å²) in [5, 5.41) is 9.88. The maximum atomic E-state index is 12.7. The van der Waals surface area contributed by atoms with Gasteiger partial charge in [0.15, 0.2) is 11.5 Å². The lowest BCUT2D eigenvalue weighted by Gasteiger charge is -2.15. The third-order valence-corrected chi connectivity index (χ3v) is 4.54. The number of hydrogen-bond acceptors (Lipinski definition) is 5. The van der Waals surface area contributed by atoms with Gasteiger partial charge in [0.2, 0.25) is 0 Å². The number of carbonyl (C=O) groups is 1. The summed E-state index contributed by atoms with van der Waals surface area (Å²) in [5.41, 5.74) is 2.83. The molecule has 8 nitrogen and oxygen atoms in total. The largest absolute Gasteiger partial charge is 0.463 e. The first-order valence-corrected chi connectivity index (χ1v) is 9.01. The Morgan fingerprint density at radius 1 is 1.32 bits per heavy atom. The molecule has 0 aliphatic heterocycles. The molecule has 0 bridgehead atoms. The second-order valence-electron chi connectivity index (χ2n) is 6.44. The van der Waals surface area contributed by atoms with Crippen molar-refractivity contribution in [2.45, 2.75) is 19.5 Å². The summed E-state index contributed by atoms with van der Waals surface area (Å²) in [4.78, 5) is 17.4. The molecule has 0 spiro atoms. The fourth-order valence-electron chi connectivity index (χ4n) is 3.17. The van der Waals surface area contributed by atoms with E-state index in [1.807, 2.05) is 31.2 Å². The van der Waals surface area contributed by atoms with Gasteiger partial charge in [0.25, 0.3) is 5.91 Å². The highest BCUT2D eigenvalue weighted by Gasteiger charge is 2.20. The molecule has 4 rings (SSSR count). The van der Waals surface area contributed by atoms with Crippen LogP contribution in [-0.2, 0) is 11.3 Å². The maximum absolute atomic E-state index is 12.7. The molecule has 0 aliphatic carbocycles. The zero-order valence-corrected chi connectivity index (χ0v) is 15.7. The van der Waals surface area contributed by atoms with Gasteiger partial charge in [-0.25, -0.2) is 4.98 Å². The highest BCUT2D eigenvalue weighted by Crippen LogP contribution is 2.22. The zero-order valence-electron chi connectivity index (χ0n) is 15.7. The first-order chi connectivity index (χ1) is 13.7. The molecule has 0 saturated heterocycles. The molecular weight excluding hydrogens is 358 g/mol. The summed E-state index contributed by atoms with van der Waals surface area (Å²) in [6.45, 7) is 3.11. The van der Waals surface area contributed by atoms with Crippen molar-refractivity contribution >= 4 is 16.9 Å². The molecular formula is C20H21N5O3. The van der Waals surface area contributed by atoms with Crippen LogP contribution in [0.2, 0.25) is 0 Å². The predicted octanol–water partition coefficient (Wildman–Crippen LogP) is 3.16. The number of benzene rings is 1. The van der Waals surface area contributed by atoms with E-state index in [1.54, 1.807) is 31.6 Å². The number of ether oxygens (including phenoxy) is 1. The topological polar surface area (TPSA) is 98.0 Å². The van der Waals surface area contributed by atoms with Gasteiger partial charge in [0.1, 0.15) is 11.5 Å². The minimum Gasteiger partial charge on any atom is -0.463 e. The van der Waals surface area contributed by atoms with Gasteiger partial charge in [-0.15, -0.1) is 0 Å². The van der Waals surface area contributed by atoms with Crippen molar-refractivity contribution < 1.29 is 13.9 Å². The molecule has 0 radical (unpaired) electrons. The van der Waals surface area contributed by atoms with Gasteiger partial charge in [-0.1, -0.05) is 12.1 Å². The van der Waals surface area contributed by atoms with Crippen molar-refractivity contribution in [1.29, 1.82) is 0 Å². The summed E-state index contributed by atoms with van der Waals surface area (Å²) in [6.07, 6.45) is 1.57. The second-order valence-corrected chi connectivity index (χ2v) is 6.44. The monoisotopic (exact) mass is 379 g/mol. The smallest absolute Gasteiger partial charge is 0.272 e. The highest BCUT2D eigenvalue weighted by molar-refractivity contribution is 5.93. The number of fused-ring (bicyclic) bond motifs is 1. The molecule has 4 aromatic rings. The van der Waals surface area contributed by atoms with Gasteiger partial charge in [0.05, 0.1) is 29.9 Å². The number of nitrogens with one attached hydrogen (secondary N) is 2. The van der Waals surface area contributed by atoms with Gasteiger partial charge in [-0.3, -0.25) is 9.89 Å². The summed E-state index contributed by atoms with van der Waals surface area (Å²) in [6, 6.07) is 12.8. The number of aromatic nitrogens is 4. The Kier molecular flexibility index (Phi) is 4.94. The van der Waals surface area contributed by atoms with E-state index in [2.05, 4.69) is 20.1 Å². The third-order valence-electron chi connectivity index (χ3n) is 4.54. The van der Waals surface area contributed by atoms with Gasteiger partial charge < -0.3 is 19.0 Å². The molecule has 2 N–H and O–H groups in total. The van der Waals surface area contributed by atoms with E-state index in [0.717, 1.165) is 16.9 Å². The van der Waals surface area contributed by atoms with Crippen molar-refractivity contribution in [3.63, 3.8) is 0 Å². The fraction of sp³-hybridized carbons (Fsp3) is 0.250. The van der Waals surface area contributed by atoms with Crippen molar-refractivity contribution in [1.82, 2.24) is 25.1 Å². The lowest BCUT2D eigenvalue weighted by molar-refractivity contribution is 0.0932. The van der Waals surface area contributed by atoms with Crippen LogP contribution < -0.4 is 5.32 Å². The van der Waals surface area contributed by atoms with E-state index in [-0.39, 0.29) is 17.6 Å². The van der Waals surface area contributed by atoms with Crippen LogP contribution in [-0.4, -0.2) is 39.4 Å². The number of imidazole rings is 1. The first kappa shape index (κ1) is 18.0. The minimum absolute atomic E-state index is 0.285. The molecule has 3 aromatic heterocycles. The molecule has 1 aromatic carbocycles. The van der Waals surface area contributed by atoms with Gasteiger partial charge in [-0.2, -0.15) is 5.10 Å². The molecule has 3 heterocycles. The number of rotatable bonds is 7. The van der Waals surface area contributed by atoms with E-state index < -0.39 is 0 Å². The molecule has 0 unspecified atom stereocenters. The van der Waals surface area contributed by atoms with E-state index in [0.29, 0.717) is 24.6 Å². The standard InChI is InChI=1S/C20H21N5O3/c1-13(19-22-14-6-3-4-7-17(14)25(19)9-11-27-2)21-20(26)16-12-15(23-24-16)18-8-5-10-28-18/h3-8,10,12-13H,9,11H2,1-2H3,(H,21,26)(H,23,24)/t13-/m0/s1. The van der Waals surface area contributed by atoms with E-state index >= 15 is 0 Å². The first-order valence-electron chi connectivity index (χ1n) is 9.01. The van der Waals surface area contributed by atoms with E-state index in [9.17, 15) is 4.79 Å². The second kappa shape index (κ2) is 7.69. The van der Waals surface area contributed by atoms with Crippen molar-refractivity contribution in [2.24, 2.45) is 0 Å². The Morgan fingerprint density at radius 3 is 2.96 bits per heavy atom. The number of methoxy groups -OCH3 is 1. The number of nitrogens with zero attached hydrogens (tertiary/aromatic N) is 3. The quantitative estimate of drug-likeness (QED) is 0.514. The Balaban J connectivity index is 1.56. The SMILES string of the molecule is COCCn1c([C@H](C)NC(=O)c2cc(-c3ccco3)[nH]n2)nc2ccccc21. The molecule has 0 aliphatic rings. The lowest BCUT2D eigenvalue weighted by atomic mass is 10.2. The van der Waals surface area contributed by atoms with Crippen LogP contribution in [0.5, 0.6) is 0 Å². The number of H-pyrrole nitrogens is 1. The highest BCUT2D eigenvalue weighted by atomic mass is 16.5. The Labute approximate surface area is 161 Å². The third kappa shape index (κ3) is 3.41.